The average molecular weight is 379 g/mol. The van der Waals surface area contributed by atoms with Crippen LogP contribution in [-0.4, -0.2) is 30.2 Å². The van der Waals surface area contributed by atoms with E-state index in [9.17, 15) is 9.59 Å². The molecule has 0 aromatic heterocycles. The van der Waals surface area contributed by atoms with Crippen molar-refractivity contribution in [1.82, 2.24) is 10.6 Å². The Morgan fingerprint density at radius 3 is 2.75 bits per heavy atom. The highest BCUT2D eigenvalue weighted by Crippen LogP contribution is 2.32. The van der Waals surface area contributed by atoms with Gasteiger partial charge < -0.3 is 15.7 Å². The molecule has 3 N–H and O–H groups in total. The Kier molecular flexibility index (Phi) is 5.30. The Hall–Kier alpha value is -2.86. The molecule has 2 aliphatic heterocycles. The fourth-order valence-corrected chi connectivity index (χ4v) is 4.02. The van der Waals surface area contributed by atoms with Gasteiger partial charge in [-0.3, -0.25) is 9.69 Å². The highest BCUT2D eigenvalue weighted by atomic mass is 16.4. The molecule has 2 aromatic rings. The zero-order valence-electron chi connectivity index (χ0n) is 15.8. The van der Waals surface area contributed by atoms with E-state index in [1.807, 2.05) is 35.2 Å². The summed E-state index contributed by atoms with van der Waals surface area (Å²) in [4.78, 5) is 25.2. The summed E-state index contributed by atoms with van der Waals surface area (Å²) >= 11 is 0. The molecule has 146 valence electrons. The molecule has 6 nitrogen and oxygen atoms in total. The van der Waals surface area contributed by atoms with Gasteiger partial charge in [0.2, 0.25) is 0 Å². The van der Waals surface area contributed by atoms with Crippen molar-refractivity contribution in [2.45, 2.75) is 38.3 Å². The predicted molar refractivity (Wildman–Crippen MR) is 107 cm³/mol. The van der Waals surface area contributed by atoms with Crippen LogP contribution in [0.1, 0.15) is 41.1 Å². The number of carboxylic acids is 1. The van der Waals surface area contributed by atoms with Gasteiger partial charge in [-0.1, -0.05) is 30.3 Å². The summed E-state index contributed by atoms with van der Waals surface area (Å²) in [5, 5.41) is 15.2. The molecule has 0 spiro atoms. The van der Waals surface area contributed by atoms with Crippen molar-refractivity contribution in [2.24, 2.45) is 0 Å². The fourth-order valence-electron chi connectivity index (χ4n) is 4.02. The lowest BCUT2D eigenvalue weighted by Crippen LogP contribution is -2.29. The summed E-state index contributed by atoms with van der Waals surface area (Å²) in [6.07, 6.45) is 2.76. The normalized spacial score (nSPS) is 19.1. The second-order valence-electron chi connectivity index (χ2n) is 7.44. The van der Waals surface area contributed by atoms with Crippen LogP contribution in [0.15, 0.2) is 42.5 Å². The van der Waals surface area contributed by atoms with Crippen molar-refractivity contribution in [3.63, 3.8) is 0 Å². The van der Waals surface area contributed by atoms with E-state index in [1.165, 1.54) is 11.1 Å². The van der Waals surface area contributed by atoms with Gasteiger partial charge in [0.1, 0.15) is 0 Å². The number of hydrogen-bond donors (Lipinski definition) is 3. The van der Waals surface area contributed by atoms with Crippen molar-refractivity contribution < 1.29 is 14.7 Å². The average Bonchev–Trinajstić information content (AvgIpc) is 2.93. The van der Waals surface area contributed by atoms with E-state index in [-0.39, 0.29) is 18.5 Å². The number of hydrogen-bond acceptors (Lipinski definition) is 3. The van der Waals surface area contributed by atoms with E-state index in [1.54, 1.807) is 0 Å². The molecule has 2 aromatic carbocycles. The van der Waals surface area contributed by atoms with Crippen LogP contribution < -0.4 is 15.5 Å². The van der Waals surface area contributed by atoms with Gasteiger partial charge in [0.05, 0.1) is 6.04 Å². The van der Waals surface area contributed by atoms with Gasteiger partial charge in [0.25, 0.3) is 0 Å². The van der Waals surface area contributed by atoms with E-state index in [4.69, 9.17) is 5.11 Å². The Morgan fingerprint density at radius 2 is 1.96 bits per heavy atom. The summed E-state index contributed by atoms with van der Waals surface area (Å²) in [7, 11) is 0. The Morgan fingerprint density at radius 1 is 1.14 bits per heavy atom. The summed E-state index contributed by atoms with van der Waals surface area (Å²) in [6, 6.07) is 14.1. The smallest absolute Gasteiger partial charge is 0.322 e. The minimum Gasteiger partial charge on any atom is -0.481 e. The first kappa shape index (κ1) is 18.5. The van der Waals surface area contributed by atoms with Gasteiger partial charge in [-0.25, -0.2) is 4.79 Å². The van der Waals surface area contributed by atoms with E-state index in [0.29, 0.717) is 13.0 Å². The predicted octanol–water partition coefficient (Wildman–Crippen LogP) is 3.01. The molecular formula is C22H25N3O3. The molecular weight excluding hydrogens is 354 g/mol. The number of fused-ring (bicyclic) bond motifs is 1. The second kappa shape index (κ2) is 8.02. The monoisotopic (exact) mass is 379 g/mol. The number of carbonyl (C=O) groups is 2. The lowest BCUT2D eigenvalue weighted by atomic mass is 10.00. The number of aryl methyl sites for hydroxylation is 2. The molecule has 1 atom stereocenters. The quantitative estimate of drug-likeness (QED) is 0.746. The van der Waals surface area contributed by atoms with Gasteiger partial charge >= 0.3 is 12.0 Å². The van der Waals surface area contributed by atoms with Crippen LogP contribution in [0.2, 0.25) is 0 Å². The lowest BCUT2D eigenvalue weighted by Gasteiger charge is -2.25. The maximum absolute atomic E-state index is 12.6. The molecule has 1 saturated heterocycles. The van der Waals surface area contributed by atoms with E-state index in [0.717, 1.165) is 42.7 Å². The number of carbonyl (C=O) groups excluding carboxylic acids is 1. The Balaban J connectivity index is 1.57. The first-order chi connectivity index (χ1) is 13.6. The molecule has 0 radical (unpaired) electrons. The van der Waals surface area contributed by atoms with Crippen LogP contribution in [0.25, 0.3) is 0 Å². The van der Waals surface area contributed by atoms with Crippen molar-refractivity contribution in [2.75, 3.05) is 18.0 Å². The van der Waals surface area contributed by atoms with Crippen LogP contribution >= 0.6 is 0 Å². The standard InChI is InChI=1S/C22H25N3O3/c26-21(27)10-5-15-3-6-16(7-4-15)20-14-24-22(28)25(20)19-9-8-18-13-23-11-1-2-17(18)12-19/h3-4,6-9,12,20,23H,1-2,5,10-11,13-14H2,(H,24,28)(H,26,27). The second-order valence-corrected chi connectivity index (χ2v) is 7.44. The third-order valence-electron chi connectivity index (χ3n) is 5.55. The molecule has 6 heteroatoms. The largest absolute Gasteiger partial charge is 0.481 e. The van der Waals surface area contributed by atoms with E-state index >= 15 is 0 Å². The lowest BCUT2D eigenvalue weighted by molar-refractivity contribution is -0.136. The maximum atomic E-state index is 12.6. The summed E-state index contributed by atoms with van der Waals surface area (Å²) in [5.74, 6) is -0.792. The summed E-state index contributed by atoms with van der Waals surface area (Å²) in [5.41, 5.74) is 5.59. The molecule has 1 unspecified atom stereocenters. The number of nitrogens with zero attached hydrogens (tertiary/aromatic N) is 1. The highest BCUT2D eigenvalue weighted by molar-refractivity contribution is 5.95. The molecule has 4 rings (SSSR count). The van der Waals surface area contributed by atoms with Crippen molar-refractivity contribution in [3.05, 3.63) is 64.7 Å². The minimum atomic E-state index is -0.792. The van der Waals surface area contributed by atoms with E-state index in [2.05, 4.69) is 22.8 Å². The van der Waals surface area contributed by atoms with Crippen molar-refractivity contribution in [1.29, 1.82) is 0 Å². The van der Waals surface area contributed by atoms with Crippen molar-refractivity contribution in [3.8, 4) is 0 Å². The van der Waals surface area contributed by atoms with Gasteiger partial charge in [0.15, 0.2) is 0 Å². The number of amides is 2. The Labute approximate surface area is 164 Å². The first-order valence-corrected chi connectivity index (χ1v) is 9.82. The zero-order chi connectivity index (χ0) is 19.5. The highest BCUT2D eigenvalue weighted by Gasteiger charge is 2.33. The van der Waals surface area contributed by atoms with Crippen LogP contribution in [0, 0.1) is 0 Å². The molecule has 2 aliphatic rings. The number of carboxylic acid groups (broad SMARTS) is 1. The van der Waals surface area contributed by atoms with Crippen LogP contribution in [-0.2, 0) is 24.2 Å². The number of nitrogens with one attached hydrogen (secondary N) is 2. The molecule has 2 amide bonds. The topological polar surface area (TPSA) is 81.7 Å². The van der Waals surface area contributed by atoms with E-state index < -0.39 is 5.97 Å². The SMILES string of the molecule is O=C(O)CCc1ccc(C2CNC(=O)N2c2ccc3c(c2)CCCNC3)cc1. The summed E-state index contributed by atoms with van der Waals surface area (Å²) < 4.78 is 0. The number of rotatable bonds is 5. The number of anilines is 1. The van der Waals surface area contributed by atoms with Gasteiger partial charge in [-0.2, -0.15) is 0 Å². The van der Waals surface area contributed by atoms with Crippen LogP contribution in [0.5, 0.6) is 0 Å². The number of aliphatic carboxylic acids is 1. The molecule has 0 saturated carbocycles. The van der Waals surface area contributed by atoms with Gasteiger partial charge in [0, 0.05) is 25.2 Å². The number of benzene rings is 2. The molecule has 0 aliphatic carbocycles. The minimum absolute atomic E-state index is 0.0667. The molecule has 1 fully saturated rings. The zero-order valence-corrected chi connectivity index (χ0v) is 15.8. The maximum Gasteiger partial charge on any atom is 0.322 e. The fraction of sp³-hybridized carbons (Fsp3) is 0.364. The van der Waals surface area contributed by atoms with Crippen LogP contribution in [0.4, 0.5) is 10.5 Å². The van der Waals surface area contributed by atoms with Crippen LogP contribution in [0.3, 0.4) is 0 Å². The van der Waals surface area contributed by atoms with Gasteiger partial charge in [-0.05, 0) is 60.2 Å². The molecule has 2 heterocycles. The Bertz CT molecular complexity index is 879. The molecule has 0 bridgehead atoms. The third-order valence-corrected chi connectivity index (χ3v) is 5.55. The van der Waals surface area contributed by atoms with Crippen molar-refractivity contribution >= 4 is 17.7 Å². The van der Waals surface area contributed by atoms with Gasteiger partial charge in [-0.15, -0.1) is 0 Å². The molecule has 28 heavy (non-hydrogen) atoms. The number of urea groups is 1. The first-order valence-electron chi connectivity index (χ1n) is 9.82. The third kappa shape index (κ3) is 3.87. The summed E-state index contributed by atoms with van der Waals surface area (Å²) in [6.45, 7) is 2.46.